The van der Waals surface area contributed by atoms with Crippen LogP contribution in [0.15, 0.2) is 48.5 Å². The standard InChI is InChI=1S/C16H14ClFN2O2/c17-12-7-5-11(6-8-12)9-19-15(21)10-20-16(22)13-3-1-2-4-14(13)18/h1-8H,9-10H2,(H,19,21)(H,20,22). The predicted molar refractivity (Wildman–Crippen MR) is 82.0 cm³/mol. The quantitative estimate of drug-likeness (QED) is 0.889. The Bertz CT molecular complexity index is 674. The maximum absolute atomic E-state index is 13.4. The molecule has 0 aromatic heterocycles. The van der Waals surface area contributed by atoms with Crippen molar-refractivity contribution in [2.75, 3.05) is 6.54 Å². The molecule has 2 rings (SSSR count). The van der Waals surface area contributed by atoms with Gasteiger partial charge in [0.25, 0.3) is 5.91 Å². The van der Waals surface area contributed by atoms with Crippen molar-refractivity contribution < 1.29 is 14.0 Å². The van der Waals surface area contributed by atoms with Crippen molar-refractivity contribution in [1.82, 2.24) is 10.6 Å². The van der Waals surface area contributed by atoms with Crippen LogP contribution >= 0.6 is 11.6 Å². The summed E-state index contributed by atoms with van der Waals surface area (Å²) in [6.45, 7) is 0.104. The highest BCUT2D eigenvalue weighted by molar-refractivity contribution is 6.30. The average Bonchev–Trinajstić information content (AvgIpc) is 2.52. The van der Waals surface area contributed by atoms with E-state index in [4.69, 9.17) is 11.6 Å². The number of carbonyl (C=O) groups excluding carboxylic acids is 2. The third kappa shape index (κ3) is 4.56. The van der Waals surface area contributed by atoms with Crippen LogP contribution in [-0.4, -0.2) is 18.4 Å². The summed E-state index contributed by atoms with van der Waals surface area (Å²) in [4.78, 5) is 23.4. The second-order valence-corrected chi connectivity index (χ2v) is 5.00. The van der Waals surface area contributed by atoms with E-state index >= 15 is 0 Å². The molecule has 0 bridgehead atoms. The summed E-state index contributed by atoms with van der Waals surface area (Å²) in [6, 6.07) is 12.6. The predicted octanol–water partition coefficient (Wildman–Crippen LogP) is 2.53. The minimum Gasteiger partial charge on any atom is -0.350 e. The number of hydrogen-bond donors (Lipinski definition) is 2. The van der Waals surface area contributed by atoms with E-state index in [-0.39, 0.29) is 18.0 Å². The summed E-state index contributed by atoms with van der Waals surface area (Å²) in [5, 5.41) is 5.64. The number of nitrogens with one attached hydrogen (secondary N) is 2. The number of hydrogen-bond acceptors (Lipinski definition) is 2. The molecule has 0 spiro atoms. The Morgan fingerprint density at radius 3 is 2.36 bits per heavy atom. The Morgan fingerprint density at radius 1 is 1.00 bits per heavy atom. The van der Waals surface area contributed by atoms with E-state index in [1.54, 1.807) is 30.3 Å². The summed E-state index contributed by atoms with van der Waals surface area (Å²) in [5.41, 5.74) is 0.797. The molecule has 0 atom stereocenters. The van der Waals surface area contributed by atoms with Crippen molar-refractivity contribution in [1.29, 1.82) is 0 Å². The van der Waals surface area contributed by atoms with Crippen molar-refractivity contribution in [3.05, 3.63) is 70.5 Å². The number of carbonyl (C=O) groups is 2. The first-order valence-corrected chi connectivity index (χ1v) is 6.98. The van der Waals surface area contributed by atoms with Crippen LogP contribution in [0.4, 0.5) is 4.39 Å². The molecular weight excluding hydrogens is 307 g/mol. The van der Waals surface area contributed by atoms with Gasteiger partial charge in [0.05, 0.1) is 12.1 Å². The Labute approximate surface area is 132 Å². The molecule has 0 saturated carbocycles. The van der Waals surface area contributed by atoms with Crippen molar-refractivity contribution in [3.8, 4) is 0 Å². The van der Waals surface area contributed by atoms with Gasteiger partial charge in [-0.1, -0.05) is 35.9 Å². The normalized spacial score (nSPS) is 10.1. The van der Waals surface area contributed by atoms with Gasteiger partial charge in [0.15, 0.2) is 0 Å². The van der Waals surface area contributed by atoms with E-state index in [0.29, 0.717) is 11.6 Å². The summed E-state index contributed by atoms with van der Waals surface area (Å²) in [7, 11) is 0. The third-order valence-corrected chi connectivity index (χ3v) is 3.18. The topological polar surface area (TPSA) is 58.2 Å². The smallest absolute Gasteiger partial charge is 0.254 e. The first kappa shape index (κ1) is 16.0. The van der Waals surface area contributed by atoms with E-state index in [9.17, 15) is 14.0 Å². The lowest BCUT2D eigenvalue weighted by Crippen LogP contribution is -2.36. The molecule has 0 unspecified atom stereocenters. The fraction of sp³-hybridized carbons (Fsp3) is 0.125. The molecule has 0 aliphatic rings. The van der Waals surface area contributed by atoms with E-state index < -0.39 is 11.7 Å². The first-order valence-electron chi connectivity index (χ1n) is 6.60. The molecule has 0 radical (unpaired) electrons. The molecule has 2 aromatic carbocycles. The third-order valence-electron chi connectivity index (χ3n) is 2.93. The Morgan fingerprint density at radius 2 is 1.68 bits per heavy atom. The largest absolute Gasteiger partial charge is 0.350 e. The highest BCUT2D eigenvalue weighted by Gasteiger charge is 2.11. The van der Waals surface area contributed by atoms with Crippen LogP contribution in [0.1, 0.15) is 15.9 Å². The Kier molecular flexibility index (Phi) is 5.49. The second-order valence-electron chi connectivity index (χ2n) is 4.57. The van der Waals surface area contributed by atoms with Crippen LogP contribution in [0.3, 0.4) is 0 Å². The molecule has 114 valence electrons. The van der Waals surface area contributed by atoms with Crippen LogP contribution < -0.4 is 10.6 Å². The van der Waals surface area contributed by atoms with E-state index in [1.165, 1.54) is 18.2 Å². The summed E-state index contributed by atoms with van der Waals surface area (Å²) < 4.78 is 13.4. The van der Waals surface area contributed by atoms with Crippen LogP contribution in [0.25, 0.3) is 0 Å². The maximum atomic E-state index is 13.4. The molecule has 2 N–H and O–H groups in total. The first-order chi connectivity index (χ1) is 10.6. The fourth-order valence-electron chi connectivity index (χ4n) is 1.77. The fourth-order valence-corrected chi connectivity index (χ4v) is 1.89. The molecule has 0 saturated heterocycles. The SMILES string of the molecule is O=C(CNC(=O)c1ccccc1F)NCc1ccc(Cl)cc1. The van der Waals surface area contributed by atoms with E-state index in [0.717, 1.165) is 5.56 Å². The van der Waals surface area contributed by atoms with Crippen LogP contribution in [-0.2, 0) is 11.3 Å². The molecule has 2 amide bonds. The van der Waals surface area contributed by atoms with Gasteiger partial charge in [-0.25, -0.2) is 4.39 Å². The minimum atomic E-state index is -0.625. The van der Waals surface area contributed by atoms with Gasteiger partial charge in [0.1, 0.15) is 5.82 Å². The van der Waals surface area contributed by atoms with Gasteiger partial charge >= 0.3 is 0 Å². The zero-order valence-electron chi connectivity index (χ0n) is 11.6. The molecule has 2 aromatic rings. The zero-order valence-corrected chi connectivity index (χ0v) is 12.4. The number of amides is 2. The highest BCUT2D eigenvalue weighted by Crippen LogP contribution is 2.09. The lowest BCUT2D eigenvalue weighted by Gasteiger charge is -2.07. The van der Waals surface area contributed by atoms with Gasteiger partial charge in [-0.15, -0.1) is 0 Å². The van der Waals surface area contributed by atoms with Crippen LogP contribution in [0, 0.1) is 5.82 Å². The van der Waals surface area contributed by atoms with Crippen molar-refractivity contribution in [2.24, 2.45) is 0 Å². The summed E-state index contributed by atoms with van der Waals surface area (Å²) >= 11 is 5.76. The highest BCUT2D eigenvalue weighted by atomic mass is 35.5. The Hall–Kier alpha value is -2.40. The maximum Gasteiger partial charge on any atom is 0.254 e. The van der Waals surface area contributed by atoms with Crippen molar-refractivity contribution >= 4 is 23.4 Å². The number of rotatable bonds is 5. The van der Waals surface area contributed by atoms with Crippen molar-refractivity contribution in [2.45, 2.75) is 6.54 Å². The molecule has 0 aliphatic carbocycles. The summed E-state index contributed by atoms with van der Waals surface area (Å²) in [6.07, 6.45) is 0. The molecule has 6 heteroatoms. The zero-order chi connectivity index (χ0) is 15.9. The molecule has 0 fully saturated rings. The average molecular weight is 321 g/mol. The molecular formula is C16H14ClFN2O2. The van der Waals surface area contributed by atoms with Crippen LogP contribution in [0.2, 0.25) is 5.02 Å². The molecule has 0 aliphatic heterocycles. The van der Waals surface area contributed by atoms with E-state index in [2.05, 4.69) is 10.6 Å². The van der Waals surface area contributed by atoms with Gasteiger partial charge in [0, 0.05) is 11.6 Å². The lowest BCUT2D eigenvalue weighted by atomic mass is 10.2. The number of halogens is 2. The van der Waals surface area contributed by atoms with Gasteiger partial charge < -0.3 is 10.6 Å². The monoisotopic (exact) mass is 320 g/mol. The van der Waals surface area contributed by atoms with Gasteiger partial charge in [-0.3, -0.25) is 9.59 Å². The number of benzene rings is 2. The van der Waals surface area contributed by atoms with E-state index in [1.807, 2.05) is 0 Å². The van der Waals surface area contributed by atoms with Gasteiger partial charge in [-0.2, -0.15) is 0 Å². The molecule has 22 heavy (non-hydrogen) atoms. The summed E-state index contributed by atoms with van der Waals surface area (Å²) in [5.74, 6) is -1.61. The van der Waals surface area contributed by atoms with Crippen molar-refractivity contribution in [3.63, 3.8) is 0 Å². The van der Waals surface area contributed by atoms with Gasteiger partial charge in [-0.05, 0) is 29.8 Å². The Balaban J connectivity index is 1.79. The van der Waals surface area contributed by atoms with Crippen LogP contribution in [0.5, 0.6) is 0 Å². The lowest BCUT2D eigenvalue weighted by molar-refractivity contribution is -0.120. The second kappa shape index (κ2) is 7.56. The van der Waals surface area contributed by atoms with Gasteiger partial charge in [0.2, 0.25) is 5.91 Å². The minimum absolute atomic E-state index is 0.0898. The molecule has 0 heterocycles. The molecule has 4 nitrogen and oxygen atoms in total.